The van der Waals surface area contributed by atoms with Crippen LogP contribution in [0.25, 0.3) is 10.8 Å². The quantitative estimate of drug-likeness (QED) is 0.654. The van der Waals surface area contributed by atoms with Gasteiger partial charge >= 0.3 is 6.18 Å². The van der Waals surface area contributed by atoms with Gasteiger partial charge < -0.3 is 15.3 Å². The SMILES string of the molecule is COc1ccc2cc(C(=N)C3CCCN(C4CCC(O)(C(F)(F)F)CC4)C3)ccc2c1. The molecule has 1 unspecified atom stereocenters. The first-order valence-electron chi connectivity index (χ1n) is 10.9. The van der Waals surface area contributed by atoms with Crippen molar-refractivity contribution < 1.29 is 23.0 Å². The monoisotopic (exact) mass is 434 g/mol. The van der Waals surface area contributed by atoms with E-state index in [9.17, 15) is 18.3 Å². The number of ether oxygens (including phenoxy) is 1. The van der Waals surface area contributed by atoms with Crippen molar-refractivity contribution in [2.45, 2.75) is 56.3 Å². The average molecular weight is 435 g/mol. The van der Waals surface area contributed by atoms with Crippen molar-refractivity contribution in [1.29, 1.82) is 5.41 Å². The predicted octanol–water partition coefficient (Wildman–Crippen LogP) is 5.16. The summed E-state index contributed by atoms with van der Waals surface area (Å²) < 4.78 is 44.6. The molecule has 2 fully saturated rings. The number of aliphatic hydroxyl groups is 1. The van der Waals surface area contributed by atoms with E-state index >= 15 is 0 Å². The molecule has 2 aromatic rings. The topological polar surface area (TPSA) is 56.5 Å². The second-order valence-corrected chi connectivity index (χ2v) is 8.94. The van der Waals surface area contributed by atoms with Gasteiger partial charge in [0.15, 0.2) is 5.60 Å². The van der Waals surface area contributed by atoms with Crippen molar-refractivity contribution in [1.82, 2.24) is 4.90 Å². The van der Waals surface area contributed by atoms with Gasteiger partial charge in [0.05, 0.1) is 7.11 Å². The fourth-order valence-corrected chi connectivity index (χ4v) is 5.06. The number of alkyl halides is 3. The number of methoxy groups -OCH3 is 1. The van der Waals surface area contributed by atoms with E-state index in [0.717, 1.165) is 41.5 Å². The first kappa shape index (κ1) is 22.1. The minimum atomic E-state index is -4.56. The van der Waals surface area contributed by atoms with Crippen LogP contribution in [-0.2, 0) is 0 Å². The molecule has 2 aromatic carbocycles. The molecule has 4 nitrogen and oxygen atoms in total. The van der Waals surface area contributed by atoms with E-state index in [2.05, 4.69) is 4.90 Å². The number of hydrogen-bond donors (Lipinski definition) is 2. The minimum absolute atomic E-state index is 0.0438. The van der Waals surface area contributed by atoms with E-state index in [1.54, 1.807) is 7.11 Å². The molecule has 1 saturated heterocycles. The zero-order valence-electron chi connectivity index (χ0n) is 17.7. The van der Waals surface area contributed by atoms with Crippen molar-refractivity contribution in [2.24, 2.45) is 5.92 Å². The van der Waals surface area contributed by atoms with Gasteiger partial charge in [-0.2, -0.15) is 13.2 Å². The third-order valence-corrected chi connectivity index (χ3v) is 7.05. The summed E-state index contributed by atoms with van der Waals surface area (Å²) in [6, 6.07) is 11.9. The molecule has 1 aliphatic heterocycles. The third-order valence-electron chi connectivity index (χ3n) is 7.05. The lowest BCUT2D eigenvalue weighted by atomic mass is 9.79. The molecule has 0 amide bonds. The summed E-state index contributed by atoms with van der Waals surface area (Å²) in [6.07, 6.45) is -2.53. The number of rotatable bonds is 4. The van der Waals surface area contributed by atoms with Crippen LogP contribution in [-0.4, -0.2) is 53.7 Å². The smallest absolute Gasteiger partial charge is 0.417 e. The minimum Gasteiger partial charge on any atom is -0.497 e. The number of nitrogens with zero attached hydrogens (tertiary/aromatic N) is 1. The summed E-state index contributed by atoms with van der Waals surface area (Å²) >= 11 is 0. The molecule has 1 heterocycles. The second-order valence-electron chi connectivity index (χ2n) is 8.94. The van der Waals surface area contributed by atoms with Gasteiger partial charge in [-0.25, -0.2) is 0 Å². The lowest BCUT2D eigenvalue weighted by Crippen LogP contribution is -2.53. The maximum absolute atomic E-state index is 13.1. The Morgan fingerprint density at radius 1 is 1.10 bits per heavy atom. The van der Waals surface area contributed by atoms with Crippen LogP contribution >= 0.6 is 0 Å². The van der Waals surface area contributed by atoms with Crippen LogP contribution in [0.1, 0.15) is 44.1 Å². The Hall–Kier alpha value is -2.12. The van der Waals surface area contributed by atoms with E-state index in [4.69, 9.17) is 10.1 Å². The third kappa shape index (κ3) is 4.44. The summed E-state index contributed by atoms with van der Waals surface area (Å²) in [4.78, 5) is 2.24. The molecule has 31 heavy (non-hydrogen) atoms. The maximum atomic E-state index is 13.1. The summed E-state index contributed by atoms with van der Waals surface area (Å²) in [5.41, 5.74) is -1.07. The lowest BCUT2D eigenvalue weighted by molar-refractivity contribution is -0.272. The Morgan fingerprint density at radius 3 is 2.45 bits per heavy atom. The Bertz CT molecular complexity index is 951. The molecule has 0 spiro atoms. The van der Waals surface area contributed by atoms with Crippen LogP contribution in [0.5, 0.6) is 5.75 Å². The fourth-order valence-electron chi connectivity index (χ4n) is 5.06. The highest BCUT2D eigenvalue weighted by atomic mass is 19.4. The zero-order chi connectivity index (χ0) is 22.2. The molecule has 1 atom stereocenters. The molecule has 0 bridgehead atoms. The van der Waals surface area contributed by atoms with Crippen LogP contribution in [0.4, 0.5) is 13.2 Å². The van der Waals surface area contributed by atoms with Gasteiger partial charge in [0, 0.05) is 24.2 Å². The van der Waals surface area contributed by atoms with Crippen molar-refractivity contribution in [2.75, 3.05) is 20.2 Å². The molecule has 2 N–H and O–H groups in total. The first-order valence-corrected chi connectivity index (χ1v) is 10.9. The molecule has 1 aliphatic carbocycles. The number of piperidine rings is 1. The van der Waals surface area contributed by atoms with Crippen LogP contribution in [0, 0.1) is 11.3 Å². The molecule has 0 radical (unpaired) electrons. The number of hydrogen-bond acceptors (Lipinski definition) is 4. The van der Waals surface area contributed by atoms with Crippen molar-refractivity contribution in [3.05, 3.63) is 42.0 Å². The highest BCUT2D eigenvalue weighted by Gasteiger charge is 2.55. The van der Waals surface area contributed by atoms with Crippen molar-refractivity contribution in [3.8, 4) is 5.75 Å². The summed E-state index contributed by atoms with van der Waals surface area (Å²) in [5.74, 6) is 0.857. The number of benzene rings is 2. The van der Waals surface area contributed by atoms with Crippen LogP contribution < -0.4 is 4.74 Å². The Balaban J connectivity index is 1.43. The Morgan fingerprint density at radius 2 is 1.77 bits per heavy atom. The second kappa shape index (κ2) is 8.43. The van der Waals surface area contributed by atoms with Gasteiger partial charge in [0.25, 0.3) is 0 Å². The first-order chi connectivity index (χ1) is 14.7. The maximum Gasteiger partial charge on any atom is 0.417 e. The van der Waals surface area contributed by atoms with E-state index in [1.165, 1.54) is 0 Å². The lowest BCUT2D eigenvalue weighted by Gasteiger charge is -2.44. The summed E-state index contributed by atoms with van der Waals surface area (Å²) in [5, 5.41) is 20.8. The summed E-state index contributed by atoms with van der Waals surface area (Å²) in [7, 11) is 1.63. The fraction of sp³-hybridized carbons (Fsp3) is 0.542. The predicted molar refractivity (Wildman–Crippen MR) is 115 cm³/mol. The van der Waals surface area contributed by atoms with E-state index < -0.39 is 11.8 Å². The van der Waals surface area contributed by atoms with Crippen molar-refractivity contribution >= 4 is 16.5 Å². The number of nitrogens with one attached hydrogen (secondary N) is 1. The van der Waals surface area contributed by atoms with Gasteiger partial charge in [-0.1, -0.05) is 18.2 Å². The number of fused-ring (bicyclic) bond motifs is 1. The highest BCUT2D eigenvalue weighted by molar-refractivity contribution is 6.03. The van der Waals surface area contributed by atoms with Crippen LogP contribution in [0.3, 0.4) is 0 Å². The normalized spacial score (nSPS) is 27.9. The standard InChI is InChI=1S/C24H29F3N2O2/c1-31-21-7-6-16-13-18(5-4-17(16)14-21)22(28)19-3-2-12-29(15-19)20-8-10-23(30,11-9-20)24(25,26)27/h4-7,13-14,19-20,28,30H,2-3,8-12,15H2,1H3. The molecule has 4 rings (SSSR count). The zero-order valence-corrected chi connectivity index (χ0v) is 17.7. The van der Waals surface area contributed by atoms with Gasteiger partial charge in [-0.05, 0) is 79.6 Å². The van der Waals surface area contributed by atoms with Gasteiger partial charge in [-0.3, -0.25) is 4.90 Å². The summed E-state index contributed by atoms with van der Waals surface area (Å²) in [6.45, 7) is 1.53. The molecular weight excluding hydrogens is 405 g/mol. The molecular formula is C24H29F3N2O2. The molecule has 0 aromatic heterocycles. The molecule has 168 valence electrons. The van der Waals surface area contributed by atoms with Crippen LogP contribution in [0.15, 0.2) is 36.4 Å². The Labute approximate surface area is 180 Å². The van der Waals surface area contributed by atoms with Gasteiger partial charge in [0.1, 0.15) is 5.75 Å². The average Bonchev–Trinajstić information content (AvgIpc) is 2.77. The molecule has 1 saturated carbocycles. The largest absolute Gasteiger partial charge is 0.497 e. The Kier molecular flexibility index (Phi) is 6.01. The van der Waals surface area contributed by atoms with E-state index in [1.807, 2.05) is 36.4 Å². The van der Waals surface area contributed by atoms with Crippen LogP contribution in [0.2, 0.25) is 0 Å². The van der Waals surface area contributed by atoms with Gasteiger partial charge in [-0.15, -0.1) is 0 Å². The molecule has 2 aliphatic rings. The van der Waals surface area contributed by atoms with E-state index in [0.29, 0.717) is 25.1 Å². The highest BCUT2D eigenvalue weighted by Crippen LogP contribution is 2.43. The van der Waals surface area contributed by atoms with Gasteiger partial charge in [0.2, 0.25) is 0 Å². The number of halogens is 3. The van der Waals surface area contributed by atoms with E-state index in [-0.39, 0.29) is 24.8 Å². The van der Waals surface area contributed by atoms with Crippen molar-refractivity contribution in [3.63, 3.8) is 0 Å². The molecule has 7 heteroatoms. The number of likely N-dealkylation sites (tertiary alicyclic amines) is 1.